The molecule has 1 heterocycles. The Kier molecular flexibility index (Phi) is 1.39. The molecule has 11 heavy (non-hydrogen) atoms. The zero-order chi connectivity index (χ0) is 7.68. The van der Waals surface area contributed by atoms with Crippen LogP contribution in [0.25, 0.3) is 6.20 Å². The van der Waals surface area contributed by atoms with Gasteiger partial charge in [0.15, 0.2) is 0 Å². The van der Waals surface area contributed by atoms with E-state index in [0.717, 1.165) is 17.7 Å². The van der Waals surface area contributed by atoms with Crippen molar-refractivity contribution in [3.05, 3.63) is 28.8 Å². The van der Waals surface area contributed by atoms with E-state index < -0.39 is 0 Å². The Morgan fingerprint density at radius 2 is 2.36 bits per heavy atom. The highest BCUT2D eigenvalue weighted by Gasteiger charge is 1.96. The number of hydrogen-bond acceptors (Lipinski definition) is 2. The molecule has 0 aliphatic carbocycles. The minimum Gasteiger partial charge on any atom is -0.494 e. The van der Waals surface area contributed by atoms with E-state index in [1.807, 2.05) is 31.3 Å². The van der Waals surface area contributed by atoms with Gasteiger partial charge in [0.2, 0.25) is 0 Å². The third-order valence-corrected chi connectivity index (χ3v) is 1.65. The van der Waals surface area contributed by atoms with E-state index in [9.17, 15) is 0 Å². The lowest BCUT2D eigenvalue weighted by Crippen LogP contribution is -2.30. The second-order valence-corrected chi connectivity index (χ2v) is 2.41. The van der Waals surface area contributed by atoms with Crippen molar-refractivity contribution in [3.63, 3.8) is 0 Å². The van der Waals surface area contributed by atoms with Crippen LogP contribution in [0.2, 0.25) is 0 Å². The van der Waals surface area contributed by atoms with Crippen LogP contribution in [0.1, 0.15) is 6.92 Å². The molecule has 0 unspecified atom stereocenters. The summed E-state index contributed by atoms with van der Waals surface area (Å²) >= 11 is 0. The highest BCUT2D eigenvalue weighted by molar-refractivity contribution is 5.35. The van der Waals surface area contributed by atoms with Crippen LogP contribution < -0.4 is 15.3 Å². The fourth-order valence-corrected chi connectivity index (χ4v) is 1.08. The van der Waals surface area contributed by atoms with Gasteiger partial charge in [0, 0.05) is 11.4 Å². The maximum Gasteiger partial charge on any atom is 0.120 e. The van der Waals surface area contributed by atoms with Crippen LogP contribution in [0.3, 0.4) is 0 Å². The Balaban J connectivity index is 2.41. The van der Waals surface area contributed by atoms with Gasteiger partial charge in [-0.3, -0.25) is 4.99 Å². The quantitative estimate of drug-likeness (QED) is 0.595. The van der Waals surface area contributed by atoms with E-state index in [2.05, 4.69) is 4.99 Å². The van der Waals surface area contributed by atoms with Crippen LogP contribution >= 0.6 is 0 Å². The number of rotatable bonds is 2. The van der Waals surface area contributed by atoms with Gasteiger partial charge in [-0.2, -0.15) is 0 Å². The number of ether oxygens (including phenoxy) is 1. The Bertz CT molecular complexity index is 381. The fourth-order valence-electron chi connectivity index (χ4n) is 1.08. The lowest BCUT2D eigenvalue weighted by Gasteiger charge is -2.03. The summed E-state index contributed by atoms with van der Waals surface area (Å²) in [5, 5.41) is 2.24. The summed E-state index contributed by atoms with van der Waals surface area (Å²) < 4.78 is 5.31. The molecule has 2 rings (SSSR count). The molecular weight excluding hydrogens is 138 g/mol. The Morgan fingerprint density at radius 3 is 2.91 bits per heavy atom. The molecule has 1 aromatic carbocycles. The second-order valence-electron chi connectivity index (χ2n) is 2.41. The number of benzene rings is 1. The molecule has 0 atom stereocenters. The standard InChI is InChI=1S/C9H9NO/c1-2-11-8-3-4-9-7(5-8)6-10-9/h3-6H,2H2,1H3. The minimum atomic E-state index is 0.718. The maximum absolute atomic E-state index is 5.31. The molecule has 2 heteroatoms. The number of fused-ring (bicyclic) bond motifs is 1. The fraction of sp³-hybridized carbons (Fsp3) is 0.222. The van der Waals surface area contributed by atoms with Crippen molar-refractivity contribution in [1.82, 2.24) is 0 Å². The van der Waals surface area contributed by atoms with Gasteiger partial charge in [-0.05, 0) is 25.1 Å². The zero-order valence-corrected chi connectivity index (χ0v) is 6.37. The molecular formula is C9H9NO. The maximum atomic E-state index is 5.31. The molecule has 0 aromatic heterocycles. The summed E-state index contributed by atoms with van der Waals surface area (Å²) in [5.41, 5.74) is 0. The van der Waals surface area contributed by atoms with Crippen LogP contribution in [-0.2, 0) is 0 Å². The Labute approximate surface area is 64.8 Å². The van der Waals surface area contributed by atoms with Crippen LogP contribution in [0.15, 0.2) is 23.2 Å². The van der Waals surface area contributed by atoms with E-state index in [1.165, 1.54) is 5.22 Å². The minimum absolute atomic E-state index is 0.718. The van der Waals surface area contributed by atoms with E-state index in [0.29, 0.717) is 0 Å². The summed E-state index contributed by atoms with van der Waals surface area (Å²) in [4.78, 5) is 4.05. The van der Waals surface area contributed by atoms with E-state index in [4.69, 9.17) is 4.74 Å². The molecule has 1 aliphatic heterocycles. The van der Waals surface area contributed by atoms with Crippen LogP contribution in [-0.4, -0.2) is 6.61 Å². The molecule has 0 spiro atoms. The SMILES string of the molecule is CCOc1ccc2c(c1)=CN=2. The Morgan fingerprint density at radius 1 is 1.45 bits per heavy atom. The van der Waals surface area contributed by atoms with Gasteiger partial charge in [0.1, 0.15) is 5.75 Å². The lowest BCUT2D eigenvalue weighted by atomic mass is 10.2. The van der Waals surface area contributed by atoms with Crippen LogP contribution in [0.4, 0.5) is 0 Å². The first kappa shape index (κ1) is 6.40. The van der Waals surface area contributed by atoms with Crippen LogP contribution in [0.5, 0.6) is 5.75 Å². The van der Waals surface area contributed by atoms with Crippen molar-refractivity contribution in [2.45, 2.75) is 6.92 Å². The lowest BCUT2D eigenvalue weighted by molar-refractivity contribution is 0.340. The predicted octanol–water partition coefficient (Wildman–Crippen LogP) is 0.456. The van der Waals surface area contributed by atoms with Gasteiger partial charge < -0.3 is 4.74 Å². The van der Waals surface area contributed by atoms with E-state index in [-0.39, 0.29) is 0 Å². The van der Waals surface area contributed by atoms with Crippen molar-refractivity contribution >= 4 is 6.20 Å². The van der Waals surface area contributed by atoms with Gasteiger partial charge in [-0.15, -0.1) is 0 Å². The molecule has 1 aromatic rings. The molecule has 56 valence electrons. The van der Waals surface area contributed by atoms with Gasteiger partial charge >= 0.3 is 0 Å². The predicted molar refractivity (Wildman–Crippen MR) is 42.9 cm³/mol. The highest BCUT2D eigenvalue weighted by atomic mass is 16.5. The van der Waals surface area contributed by atoms with Crippen molar-refractivity contribution < 1.29 is 4.74 Å². The molecule has 0 bridgehead atoms. The number of hydrogen-bond donors (Lipinski definition) is 0. The van der Waals surface area contributed by atoms with Gasteiger partial charge in [-0.1, -0.05) is 0 Å². The summed E-state index contributed by atoms with van der Waals surface area (Å²) in [6.45, 7) is 2.70. The molecule has 0 fully saturated rings. The van der Waals surface area contributed by atoms with Gasteiger partial charge in [0.25, 0.3) is 0 Å². The summed E-state index contributed by atoms with van der Waals surface area (Å²) in [7, 11) is 0. The molecule has 0 amide bonds. The summed E-state index contributed by atoms with van der Waals surface area (Å²) in [5.74, 6) is 0.928. The monoisotopic (exact) mass is 147 g/mol. The first-order valence-electron chi connectivity index (χ1n) is 3.71. The van der Waals surface area contributed by atoms with Crippen LogP contribution in [0, 0.1) is 0 Å². The topological polar surface area (TPSA) is 21.6 Å². The molecule has 2 nitrogen and oxygen atoms in total. The van der Waals surface area contributed by atoms with E-state index in [1.54, 1.807) is 0 Å². The van der Waals surface area contributed by atoms with Gasteiger partial charge in [0.05, 0.1) is 12.0 Å². The molecule has 1 aliphatic rings. The zero-order valence-electron chi connectivity index (χ0n) is 6.37. The highest BCUT2D eigenvalue weighted by Crippen LogP contribution is 2.03. The smallest absolute Gasteiger partial charge is 0.120 e. The number of nitrogens with zero attached hydrogens (tertiary/aromatic N) is 1. The van der Waals surface area contributed by atoms with Crippen molar-refractivity contribution in [3.8, 4) is 5.75 Å². The van der Waals surface area contributed by atoms with Gasteiger partial charge in [-0.25, -0.2) is 0 Å². The molecule has 0 saturated carbocycles. The second kappa shape index (κ2) is 2.38. The average Bonchev–Trinajstić information content (AvgIpc) is 1.96. The Hall–Kier alpha value is -1.31. The largest absolute Gasteiger partial charge is 0.494 e. The summed E-state index contributed by atoms with van der Waals surface area (Å²) in [6.07, 6.45) is 1.85. The van der Waals surface area contributed by atoms with Crippen molar-refractivity contribution in [2.24, 2.45) is 4.99 Å². The molecule has 0 N–H and O–H groups in total. The van der Waals surface area contributed by atoms with E-state index >= 15 is 0 Å². The third-order valence-electron chi connectivity index (χ3n) is 1.65. The first-order valence-corrected chi connectivity index (χ1v) is 3.71. The molecule has 0 saturated heterocycles. The normalized spacial score (nSPS) is 12.1. The average molecular weight is 147 g/mol. The first-order chi connectivity index (χ1) is 5.40. The van der Waals surface area contributed by atoms with Crippen molar-refractivity contribution in [2.75, 3.05) is 6.61 Å². The summed E-state index contributed by atoms with van der Waals surface area (Å²) in [6, 6.07) is 5.92. The van der Waals surface area contributed by atoms with Crippen molar-refractivity contribution in [1.29, 1.82) is 0 Å². The molecule has 0 radical (unpaired) electrons. The third kappa shape index (κ3) is 1.00.